The molecule has 0 saturated carbocycles. The zero-order chi connectivity index (χ0) is 41.6. The van der Waals surface area contributed by atoms with Crippen LogP contribution in [0.3, 0.4) is 0 Å². The minimum Gasteiger partial charge on any atom is -0.467 e. The molecule has 0 aliphatic carbocycles. The number of hydrogen-bond acceptors (Lipinski definition) is 9. The number of alkyl carbamates (subject to hydrolysis) is 1. The number of methoxy groups -OCH3 is 1. The van der Waals surface area contributed by atoms with Crippen molar-refractivity contribution in [3.05, 3.63) is 0 Å². The van der Waals surface area contributed by atoms with Crippen molar-refractivity contribution in [3.63, 3.8) is 0 Å². The third-order valence-corrected chi connectivity index (χ3v) is 7.86. The molecule has 0 bridgehead atoms. The highest BCUT2D eigenvalue weighted by molar-refractivity contribution is 5.98. The van der Waals surface area contributed by atoms with Gasteiger partial charge >= 0.3 is 12.1 Å². The van der Waals surface area contributed by atoms with Crippen molar-refractivity contribution < 1.29 is 43.0 Å². The van der Waals surface area contributed by atoms with Crippen molar-refractivity contribution in [2.24, 2.45) is 23.7 Å². The molecule has 0 spiro atoms. The van der Waals surface area contributed by atoms with Gasteiger partial charge in [-0.15, -0.1) is 0 Å². The summed E-state index contributed by atoms with van der Waals surface area (Å²) in [5.41, 5.74) is -3.67. The molecular formula is C38H70N6O9. The average Bonchev–Trinajstić information content (AvgIpc) is 2.96. The van der Waals surface area contributed by atoms with Crippen LogP contribution in [-0.4, -0.2) is 89.6 Å². The van der Waals surface area contributed by atoms with Crippen LogP contribution in [0.2, 0.25) is 0 Å². The van der Waals surface area contributed by atoms with Crippen LogP contribution in [0.25, 0.3) is 0 Å². The van der Waals surface area contributed by atoms with Gasteiger partial charge in [-0.25, -0.2) is 9.59 Å². The Morgan fingerprint density at radius 2 is 0.792 bits per heavy atom. The summed E-state index contributed by atoms with van der Waals surface area (Å²) in [7, 11) is 1.21. The van der Waals surface area contributed by atoms with Crippen LogP contribution in [0.15, 0.2) is 0 Å². The number of rotatable bonds is 20. The zero-order valence-corrected chi connectivity index (χ0v) is 35.1. The molecule has 0 aliphatic rings. The molecule has 15 heteroatoms. The van der Waals surface area contributed by atoms with E-state index in [0.29, 0.717) is 0 Å². The van der Waals surface area contributed by atoms with Crippen LogP contribution in [0, 0.1) is 23.7 Å². The largest absolute Gasteiger partial charge is 0.467 e. The minimum absolute atomic E-state index is 0.00686. The molecule has 6 N–H and O–H groups in total. The summed E-state index contributed by atoms with van der Waals surface area (Å²) in [5, 5.41) is 16.2. The minimum atomic E-state index is -1.54. The van der Waals surface area contributed by atoms with Gasteiger partial charge in [0.25, 0.3) is 0 Å². The lowest BCUT2D eigenvalue weighted by Gasteiger charge is -2.32. The molecule has 53 heavy (non-hydrogen) atoms. The molecule has 15 nitrogen and oxygen atoms in total. The molecule has 0 aromatic carbocycles. The van der Waals surface area contributed by atoms with Gasteiger partial charge in [0.2, 0.25) is 29.5 Å². The van der Waals surface area contributed by atoms with E-state index in [1.807, 2.05) is 55.4 Å². The molecule has 0 unspecified atom stereocenters. The van der Waals surface area contributed by atoms with E-state index < -0.39 is 82.4 Å². The van der Waals surface area contributed by atoms with Crippen LogP contribution in [0.1, 0.15) is 130 Å². The van der Waals surface area contributed by atoms with Crippen molar-refractivity contribution in [3.8, 4) is 0 Å². The topological polar surface area (TPSA) is 210 Å². The van der Waals surface area contributed by atoms with Gasteiger partial charge in [-0.3, -0.25) is 24.0 Å². The maximum atomic E-state index is 13.7. The fraction of sp³-hybridized carbons (Fsp3) is 0.816. The normalized spacial score (nSPS) is 14.5. The van der Waals surface area contributed by atoms with Gasteiger partial charge in [0.05, 0.1) is 7.11 Å². The molecule has 306 valence electrons. The smallest absolute Gasteiger partial charge is 0.408 e. The first-order chi connectivity index (χ1) is 24.0. The number of esters is 1. The predicted octanol–water partition coefficient (Wildman–Crippen LogP) is 3.48. The van der Waals surface area contributed by atoms with Crippen LogP contribution in [0.4, 0.5) is 4.79 Å². The van der Waals surface area contributed by atoms with Crippen LogP contribution >= 0.6 is 0 Å². The molecule has 0 saturated heterocycles. The maximum Gasteiger partial charge on any atom is 0.408 e. The molecular weight excluding hydrogens is 684 g/mol. The third kappa shape index (κ3) is 19.1. The molecule has 0 radical (unpaired) electrons. The van der Waals surface area contributed by atoms with Gasteiger partial charge in [-0.05, 0) is 97.8 Å². The van der Waals surface area contributed by atoms with E-state index >= 15 is 0 Å². The number of amides is 6. The van der Waals surface area contributed by atoms with E-state index in [2.05, 4.69) is 31.9 Å². The molecule has 4 atom stereocenters. The molecule has 0 heterocycles. The highest BCUT2D eigenvalue weighted by atomic mass is 16.6. The summed E-state index contributed by atoms with van der Waals surface area (Å²) in [6.07, 6.45) is 0.242. The van der Waals surface area contributed by atoms with Gasteiger partial charge in [0, 0.05) is 0 Å². The third-order valence-electron chi connectivity index (χ3n) is 7.86. The van der Waals surface area contributed by atoms with E-state index in [0.717, 1.165) is 0 Å². The first-order valence-electron chi connectivity index (χ1n) is 18.6. The number of nitrogens with one attached hydrogen (secondary N) is 6. The van der Waals surface area contributed by atoms with Crippen LogP contribution < -0.4 is 31.9 Å². The highest BCUT2D eigenvalue weighted by Crippen LogP contribution is 2.15. The van der Waals surface area contributed by atoms with Gasteiger partial charge < -0.3 is 41.4 Å². The standard InChI is InChI=1S/C38H70N6O9/c1-21(2)17-25(29(45)39-28(20-24(7)8)32(48)44-38(14,15)34(50)52-16)41-33(49)37(12,13)43-31(47)27(19-23(5)6)40-30(46)26(18-22(3)4)42-35(51)53-36(9,10)11/h21-28H,17-20H2,1-16H3,(H,39,45)(H,40,46)(H,41,49)(H,42,51)(H,43,47)(H,44,48)/t25-,26+,27+,28-/m1/s1. The SMILES string of the molecule is COC(=O)C(C)(C)NC(=O)[C@@H](CC(C)C)NC(=O)[C@@H](CC(C)C)NC(=O)C(C)(C)NC(=O)[C@H](CC(C)C)NC(=O)[C@H](CC(C)C)NC(=O)OC(C)(C)C. The Morgan fingerprint density at radius 3 is 1.11 bits per heavy atom. The van der Waals surface area contributed by atoms with Crippen molar-refractivity contribution >= 4 is 41.6 Å². The summed E-state index contributed by atoms with van der Waals surface area (Å²) in [6, 6.07) is -4.12. The summed E-state index contributed by atoms with van der Waals surface area (Å²) in [5.74, 6) is -3.76. The number of ether oxygens (including phenoxy) is 2. The Labute approximate surface area is 317 Å². The summed E-state index contributed by atoms with van der Waals surface area (Å²) in [6.45, 7) is 26.1. The quantitative estimate of drug-likeness (QED) is 0.100. The van der Waals surface area contributed by atoms with Crippen LogP contribution in [-0.2, 0) is 38.2 Å². The predicted molar refractivity (Wildman–Crippen MR) is 203 cm³/mol. The molecule has 6 amide bonds. The van der Waals surface area contributed by atoms with Crippen molar-refractivity contribution in [2.45, 2.75) is 170 Å². The summed E-state index contributed by atoms with van der Waals surface area (Å²) in [4.78, 5) is 92.7. The Kier molecular flexibility index (Phi) is 19.5. The van der Waals surface area contributed by atoms with Crippen molar-refractivity contribution in [1.82, 2.24) is 31.9 Å². The fourth-order valence-electron chi connectivity index (χ4n) is 5.30. The van der Waals surface area contributed by atoms with E-state index in [-0.39, 0.29) is 49.4 Å². The van der Waals surface area contributed by atoms with Gasteiger partial charge in [0.1, 0.15) is 40.8 Å². The van der Waals surface area contributed by atoms with Crippen LogP contribution in [0.5, 0.6) is 0 Å². The average molecular weight is 755 g/mol. The second-order valence-electron chi connectivity index (χ2n) is 17.6. The van der Waals surface area contributed by atoms with Crippen molar-refractivity contribution in [1.29, 1.82) is 0 Å². The van der Waals surface area contributed by atoms with Gasteiger partial charge in [-0.2, -0.15) is 0 Å². The first-order valence-corrected chi connectivity index (χ1v) is 18.6. The molecule has 0 rings (SSSR count). The van der Waals surface area contributed by atoms with E-state index in [1.165, 1.54) is 34.8 Å². The Bertz CT molecular complexity index is 1270. The Hall–Kier alpha value is -3.91. The molecule has 0 aromatic rings. The maximum absolute atomic E-state index is 13.7. The van der Waals surface area contributed by atoms with E-state index in [9.17, 15) is 33.6 Å². The lowest BCUT2D eigenvalue weighted by atomic mass is 9.96. The Balaban J connectivity index is 6.13. The second kappa shape index (κ2) is 21.1. The number of hydrogen-bond donors (Lipinski definition) is 6. The zero-order valence-electron chi connectivity index (χ0n) is 35.1. The fourth-order valence-corrected chi connectivity index (χ4v) is 5.30. The van der Waals surface area contributed by atoms with Gasteiger partial charge in [-0.1, -0.05) is 55.4 Å². The van der Waals surface area contributed by atoms with Crippen molar-refractivity contribution in [2.75, 3.05) is 7.11 Å². The molecule has 0 aliphatic heterocycles. The monoisotopic (exact) mass is 755 g/mol. The van der Waals surface area contributed by atoms with E-state index in [1.54, 1.807) is 20.8 Å². The summed E-state index contributed by atoms with van der Waals surface area (Å²) >= 11 is 0. The molecule has 0 aromatic heterocycles. The lowest BCUT2D eigenvalue weighted by Crippen LogP contribution is -2.63. The number of carbonyl (C=O) groups excluding carboxylic acids is 7. The summed E-state index contributed by atoms with van der Waals surface area (Å²) < 4.78 is 10.1. The second-order valence-corrected chi connectivity index (χ2v) is 17.6. The number of carbonyl (C=O) groups is 7. The van der Waals surface area contributed by atoms with E-state index in [4.69, 9.17) is 9.47 Å². The highest BCUT2D eigenvalue weighted by Gasteiger charge is 2.38. The molecule has 0 fully saturated rings. The first kappa shape index (κ1) is 49.1. The Morgan fingerprint density at radius 1 is 0.472 bits per heavy atom. The lowest BCUT2D eigenvalue weighted by molar-refractivity contribution is -0.149. The van der Waals surface area contributed by atoms with Gasteiger partial charge in [0.15, 0.2) is 0 Å².